The van der Waals surface area contributed by atoms with Crippen LogP contribution in [0.25, 0.3) is 0 Å². The molecule has 1 aliphatic rings. The fraction of sp³-hybridized carbons (Fsp3) is 0.769. The number of nitrogens with zero attached hydrogens (tertiary/aromatic N) is 1. The fourth-order valence-electron chi connectivity index (χ4n) is 2.69. The third-order valence-corrected chi connectivity index (χ3v) is 4.65. The zero-order chi connectivity index (χ0) is 11.5. The first kappa shape index (κ1) is 12.1. The van der Waals surface area contributed by atoms with Crippen LogP contribution in [0.4, 0.5) is 0 Å². The minimum atomic E-state index is -0.112. The van der Waals surface area contributed by atoms with Gasteiger partial charge in [-0.15, -0.1) is 11.3 Å². The SMILES string of the molecule is CC(C)C1CCC(O)C(Cc2nccs2)C1. The van der Waals surface area contributed by atoms with Gasteiger partial charge in [0.2, 0.25) is 0 Å². The molecule has 1 saturated carbocycles. The Bertz CT molecular complexity index is 310. The van der Waals surface area contributed by atoms with E-state index in [4.69, 9.17) is 0 Å². The summed E-state index contributed by atoms with van der Waals surface area (Å²) < 4.78 is 0. The molecule has 1 aromatic heterocycles. The lowest BCUT2D eigenvalue weighted by molar-refractivity contribution is 0.0378. The standard InChI is InChI=1S/C13H21NOS/c1-9(2)10-3-4-12(15)11(7-10)8-13-14-5-6-16-13/h5-6,9-12,15H,3-4,7-8H2,1-2H3. The second-order valence-electron chi connectivity index (χ2n) is 5.27. The molecule has 3 heteroatoms. The van der Waals surface area contributed by atoms with Crippen molar-refractivity contribution in [2.75, 3.05) is 0 Å². The fourth-order valence-corrected chi connectivity index (χ4v) is 3.40. The van der Waals surface area contributed by atoms with Crippen LogP contribution in [-0.4, -0.2) is 16.2 Å². The molecule has 3 unspecified atom stereocenters. The predicted molar refractivity (Wildman–Crippen MR) is 67.5 cm³/mol. The molecule has 90 valence electrons. The van der Waals surface area contributed by atoms with Crippen LogP contribution in [0.3, 0.4) is 0 Å². The zero-order valence-corrected chi connectivity index (χ0v) is 10.9. The molecule has 0 bridgehead atoms. The Kier molecular flexibility index (Phi) is 3.98. The third-order valence-electron chi connectivity index (χ3n) is 3.85. The molecular formula is C13H21NOS. The summed E-state index contributed by atoms with van der Waals surface area (Å²) in [6.45, 7) is 4.59. The highest BCUT2D eigenvalue weighted by Crippen LogP contribution is 2.35. The van der Waals surface area contributed by atoms with Gasteiger partial charge in [-0.1, -0.05) is 13.8 Å². The Morgan fingerprint density at radius 3 is 2.94 bits per heavy atom. The highest BCUT2D eigenvalue weighted by atomic mass is 32.1. The van der Waals surface area contributed by atoms with Crippen molar-refractivity contribution in [1.82, 2.24) is 4.98 Å². The Balaban J connectivity index is 1.96. The Labute approximate surface area is 102 Å². The maximum absolute atomic E-state index is 10.0. The summed E-state index contributed by atoms with van der Waals surface area (Å²) in [6.07, 6.45) is 6.03. The van der Waals surface area contributed by atoms with E-state index < -0.39 is 0 Å². The van der Waals surface area contributed by atoms with Gasteiger partial charge in [-0.2, -0.15) is 0 Å². The second kappa shape index (κ2) is 5.28. The Morgan fingerprint density at radius 2 is 2.31 bits per heavy atom. The normalized spacial score (nSPS) is 30.9. The molecule has 0 spiro atoms. The van der Waals surface area contributed by atoms with Crippen LogP contribution in [0.15, 0.2) is 11.6 Å². The molecular weight excluding hydrogens is 218 g/mol. The summed E-state index contributed by atoms with van der Waals surface area (Å²) in [5.41, 5.74) is 0. The van der Waals surface area contributed by atoms with E-state index in [1.807, 2.05) is 11.6 Å². The van der Waals surface area contributed by atoms with Crippen molar-refractivity contribution >= 4 is 11.3 Å². The van der Waals surface area contributed by atoms with Crippen molar-refractivity contribution in [3.05, 3.63) is 16.6 Å². The average molecular weight is 239 g/mol. The summed E-state index contributed by atoms with van der Waals surface area (Å²) >= 11 is 1.71. The molecule has 2 nitrogen and oxygen atoms in total. The van der Waals surface area contributed by atoms with Crippen molar-refractivity contribution in [2.24, 2.45) is 17.8 Å². The van der Waals surface area contributed by atoms with Gasteiger partial charge in [-0.05, 0) is 37.0 Å². The predicted octanol–water partition coefficient (Wildman–Crippen LogP) is 3.12. The van der Waals surface area contributed by atoms with E-state index in [1.54, 1.807) is 11.3 Å². The number of thiazole rings is 1. The zero-order valence-electron chi connectivity index (χ0n) is 10.1. The van der Waals surface area contributed by atoms with Crippen LogP contribution >= 0.6 is 11.3 Å². The highest BCUT2D eigenvalue weighted by Gasteiger charge is 2.30. The van der Waals surface area contributed by atoms with Crippen LogP contribution in [0.1, 0.15) is 38.1 Å². The second-order valence-corrected chi connectivity index (χ2v) is 6.25. The van der Waals surface area contributed by atoms with Crippen molar-refractivity contribution in [2.45, 2.75) is 45.6 Å². The van der Waals surface area contributed by atoms with Gasteiger partial charge >= 0.3 is 0 Å². The first-order valence-electron chi connectivity index (χ1n) is 6.23. The number of hydrogen-bond donors (Lipinski definition) is 1. The summed E-state index contributed by atoms with van der Waals surface area (Å²) in [5, 5.41) is 13.2. The van der Waals surface area contributed by atoms with E-state index >= 15 is 0 Å². The lowest BCUT2D eigenvalue weighted by Crippen LogP contribution is -2.32. The van der Waals surface area contributed by atoms with E-state index in [2.05, 4.69) is 18.8 Å². The minimum absolute atomic E-state index is 0.112. The monoisotopic (exact) mass is 239 g/mol. The van der Waals surface area contributed by atoms with Gasteiger partial charge in [-0.25, -0.2) is 4.98 Å². The van der Waals surface area contributed by atoms with Crippen LogP contribution in [0.5, 0.6) is 0 Å². The van der Waals surface area contributed by atoms with Crippen molar-refractivity contribution in [1.29, 1.82) is 0 Å². The lowest BCUT2D eigenvalue weighted by atomic mass is 9.74. The van der Waals surface area contributed by atoms with Crippen LogP contribution in [0.2, 0.25) is 0 Å². The number of rotatable bonds is 3. The molecule has 0 radical (unpaired) electrons. The van der Waals surface area contributed by atoms with Gasteiger partial charge < -0.3 is 5.11 Å². The van der Waals surface area contributed by atoms with E-state index in [-0.39, 0.29) is 6.10 Å². The van der Waals surface area contributed by atoms with Crippen molar-refractivity contribution < 1.29 is 5.11 Å². The Morgan fingerprint density at radius 1 is 1.50 bits per heavy atom. The van der Waals surface area contributed by atoms with Gasteiger partial charge in [0.05, 0.1) is 11.1 Å². The van der Waals surface area contributed by atoms with Gasteiger partial charge in [-0.3, -0.25) is 0 Å². The summed E-state index contributed by atoms with van der Waals surface area (Å²) in [5.74, 6) is 1.95. The minimum Gasteiger partial charge on any atom is -0.393 e. The topological polar surface area (TPSA) is 33.1 Å². The quantitative estimate of drug-likeness (QED) is 0.879. The van der Waals surface area contributed by atoms with Gasteiger partial charge in [0, 0.05) is 18.0 Å². The van der Waals surface area contributed by atoms with Crippen LogP contribution < -0.4 is 0 Å². The first-order valence-corrected chi connectivity index (χ1v) is 7.11. The molecule has 1 aliphatic carbocycles. The molecule has 1 fully saturated rings. The molecule has 0 aromatic carbocycles. The molecule has 2 rings (SSSR count). The molecule has 1 heterocycles. The molecule has 0 aliphatic heterocycles. The summed E-state index contributed by atoms with van der Waals surface area (Å²) in [4.78, 5) is 4.32. The Hall–Kier alpha value is -0.410. The molecule has 1 N–H and O–H groups in total. The number of hydrogen-bond acceptors (Lipinski definition) is 3. The maximum Gasteiger partial charge on any atom is 0.0928 e. The van der Waals surface area contributed by atoms with E-state index in [0.29, 0.717) is 5.92 Å². The van der Waals surface area contributed by atoms with Gasteiger partial charge in [0.25, 0.3) is 0 Å². The van der Waals surface area contributed by atoms with E-state index in [1.165, 1.54) is 17.8 Å². The summed E-state index contributed by atoms with van der Waals surface area (Å²) in [7, 11) is 0. The third kappa shape index (κ3) is 2.83. The molecule has 3 atom stereocenters. The first-order chi connectivity index (χ1) is 7.66. The van der Waals surface area contributed by atoms with Crippen LogP contribution in [0, 0.1) is 17.8 Å². The van der Waals surface area contributed by atoms with E-state index in [0.717, 1.165) is 24.7 Å². The number of aliphatic hydroxyl groups excluding tert-OH is 1. The maximum atomic E-state index is 10.0. The van der Waals surface area contributed by atoms with Crippen LogP contribution in [-0.2, 0) is 6.42 Å². The summed E-state index contributed by atoms with van der Waals surface area (Å²) in [6, 6.07) is 0. The number of aliphatic hydroxyl groups is 1. The van der Waals surface area contributed by atoms with Crippen molar-refractivity contribution in [3.8, 4) is 0 Å². The smallest absolute Gasteiger partial charge is 0.0928 e. The number of aromatic nitrogens is 1. The lowest BCUT2D eigenvalue weighted by Gasteiger charge is -2.35. The molecule has 16 heavy (non-hydrogen) atoms. The van der Waals surface area contributed by atoms with Gasteiger partial charge in [0.1, 0.15) is 0 Å². The van der Waals surface area contributed by atoms with Crippen molar-refractivity contribution in [3.63, 3.8) is 0 Å². The largest absolute Gasteiger partial charge is 0.393 e. The van der Waals surface area contributed by atoms with E-state index in [9.17, 15) is 5.11 Å². The molecule has 1 aromatic rings. The highest BCUT2D eigenvalue weighted by molar-refractivity contribution is 7.09. The molecule has 0 amide bonds. The molecule has 0 saturated heterocycles. The van der Waals surface area contributed by atoms with Gasteiger partial charge in [0.15, 0.2) is 0 Å². The average Bonchev–Trinajstić information content (AvgIpc) is 2.73.